The predicted molar refractivity (Wildman–Crippen MR) is 107 cm³/mol. The number of aromatic nitrogens is 4. The minimum absolute atomic E-state index is 0.0342. The second kappa shape index (κ2) is 10.2. The van der Waals surface area contributed by atoms with Gasteiger partial charge in [0.05, 0.1) is 12.2 Å². The van der Waals surface area contributed by atoms with Crippen LogP contribution in [0.3, 0.4) is 0 Å². The molecule has 0 radical (unpaired) electrons. The topological polar surface area (TPSA) is 105 Å². The maximum Gasteiger partial charge on any atom is 0.312 e. The molecule has 2 rings (SSSR count). The first kappa shape index (κ1) is 22.6. The quantitative estimate of drug-likeness (QED) is 0.348. The highest BCUT2D eigenvalue weighted by molar-refractivity contribution is 5.81. The Labute approximate surface area is 170 Å². The molecule has 0 saturated heterocycles. The van der Waals surface area contributed by atoms with Crippen molar-refractivity contribution in [2.75, 3.05) is 19.5 Å². The number of ether oxygens (including phenoxy) is 2. The van der Waals surface area contributed by atoms with Crippen molar-refractivity contribution in [3.05, 3.63) is 12.4 Å². The Morgan fingerprint density at radius 1 is 1.38 bits per heavy atom. The summed E-state index contributed by atoms with van der Waals surface area (Å²) < 4.78 is 26.2. The van der Waals surface area contributed by atoms with Gasteiger partial charge in [-0.3, -0.25) is 4.79 Å². The number of nitrogens with two attached hydrogens (primary N) is 1. The minimum Gasteiger partial charge on any atom is -0.461 e. The van der Waals surface area contributed by atoms with E-state index in [2.05, 4.69) is 20.9 Å². The lowest BCUT2D eigenvalue weighted by molar-refractivity contribution is -0.156. The average Bonchev–Trinajstić information content (AvgIpc) is 3.11. The molecule has 0 bridgehead atoms. The first-order valence-electron chi connectivity index (χ1n) is 9.73. The van der Waals surface area contributed by atoms with Crippen LogP contribution in [0.2, 0.25) is 0 Å². The zero-order valence-electron chi connectivity index (χ0n) is 17.2. The van der Waals surface area contributed by atoms with Crippen LogP contribution in [0.5, 0.6) is 0 Å². The van der Waals surface area contributed by atoms with E-state index in [9.17, 15) is 9.18 Å². The van der Waals surface area contributed by atoms with E-state index < -0.39 is 11.7 Å². The van der Waals surface area contributed by atoms with Gasteiger partial charge in [0.2, 0.25) is 0 Å². The molecule has 0 aliphatic heterocycles. The third-order valence-electron chi connectivity index (χ3n) is 4.93. The van der Waals surface area contributed by atoms with Crippen molar-refractivity contribution in [2.45, 2.75) is 58.1 Å². The number of halogens is 1. The van der Waals surface area contributed by atoms with Gasteiger partial charge in [0.15, 0.2) is 17.1 Å². The third-order valence-corrected chi connectivity index (χ3v) is 4.93. The molecular formula is C20H28FN5O3. The molecule has 9 heteroatoms. The van der Waals surface area contributed by atoms with Crippen LogP contribution >= 0.6 is 0 Å². The fourth-order valence-corrected chi connectivity index (χ4v) is 3.19. The SMILES string of the molecule is C#CC(CCn1cnc2c(N)nc(F)nc21)(COC(=O)C(CCC)CCC)OC. The smallest absolute Gasteiger partial charge is 0.312 e. The van der Waals surface area contributed by atoms with Gasteiger partial charge in [-0.2, -0.15) is 14.4 Å². The van der Waals surface area contributed by atoms with Gasteiger partial charge in [0, 0.05) is 20.1 Å². The van der Waals surface area contributed by atoms with Crippen LogP contribution < -0.4 is 5.73 Å². The van der Waals surface area contributed by atoms with E-state index in [-0.39, 0.29) is 30.0 Å². The normalized spacial score (nSPS) is 13.4. The lowest BCUT2D eigenvalue weighted by Crippen LogP contribution is -2.38. The van der Waals surface area contributed by atoms with Crippen LogP contribution in [0.25, 0.3) is 11.2 Å². The molecule has 0 fully saturated rings. The molecule has 2 N–H and O–H groups in total. The summed E-state index contributed by atoms with van der Waals surface area (Å²) in [5.41, 5.74) is 5.14. The van der Waals surface area contributed by atoms with Crippen LogP contribution in [0.15, 0.2) is 6.33 Å². The Morgan fingerprint density at radius 3 is 2.66 bits per heavy atom. The minimum atomic E-state index is -1.12. The number of carbonyl (C=O) groups excluding carboxylic acids is 1. The zero-order valence-corrected chi connectivity index (χ0v) is 17.2. The van der Waals surface area contributed by atoms with Crippen molar-refractivity contribution in [3.63, 3.8) is 0 Å². The molecule has 158 valence electrons. The molecule has 29 heavy (non-hydrogen) atoms. The molecular weight excluding hydrogens is 377 g/mol. The van der Waals surface area contributed by atoms with Crippen molar-refractivity contribution in [3.8, 4) is 12.3 Å². The van der Waals surface area contributed by atoms with E-state index >= 15 is 0 Å². The Kier molecular flexibility index (Phi) is 7.91. The number of carbonyl (C=O) groups is 1. The van der Waals surface area contributed by atoms with Gasteiger partial charge in [-0.25, -0.2) is 4.98 Å². The van der Waals surface area contributed by atoms with Crippen LogP contribution in [-0.4, -0.2) is 44.8 Å². The highest BCUT2D eigenvalue weighted by Crippen LogP contribution is 2.22. The van der Waals surface area contributed by atoms with Crippen LogP contribution in [0.1, 0.15) is 46.0 Å². The first-order valence-corrected chi connectivity index (χ1v) is 9.73. The van der Waals surface area contributed by atoms with E-state index in [0.717, 1.165) is 25.7 Å². The highest BCUT2D eigenvalue weighted by Gasteiger charge is 2.31. The molecule has 1 unspecified atom stereocenters. The van der Waals surface area contributed by atoms with E-state index in [0.29, 0.717) is 18.5 Å². The number of aryl methyl sites for hydroxylation is 1. The van der Waals surface area contributed by atoms with E-state index in [1.165, 1.54) is 13.4 Å². The maximum absolute atomic E-state index is 13.5. The second-order valence-corrected chi connectivity index (χ2v) is 6.96. The summed E-state index contributed by atoms with van der Waals surface area (Å²) in [6.07, 6.45) is 9.91. The Hall–Kier alpha value is -2.73. The second-order valence-electron chi connectivity index (χ2n) is 6.96. The maximum atomic E-state index is 13.5. The molecule has 2 heterocycles. The summed E-state index contributed by atoms with van der Waals surface area (Å²) in [5, 5.41) is 0. The number of rotatable bonds is 11. The predicted octanol–water partition coefficient (Wildman–Crippen LogP) is 2.72. The summed E-state index contributed by atoms with van der Waals surface area (Å²) in [7, 11) is 1.47. The van der Waals surface area contributed by atoms with Gasteiger partial charge >= 0.3 is 12.0 Å². The number of nitrogen functional groups attached to an aromatic ring is 1. The number of fused-ring (bicyclic) bond motifs is 1. The van der Waals surface area contributed by atoms with Gasteiger partial charge < -0.3 is 19.8 Å². The molecule has 0 aliphatic rings. The van der Waals surface area contributed by atoms with E-state index in [4.69, 9.17) is 21.6 Å². The Balaban J connectivity index is 2.09. The lowest BCUT2D eigenvalue weighted by atomic mass is 9.98. The summed E-state index contributed by atoms with van der Waals surface area (Å²) in [4.78, 5) is 23.8. The number of nitrogens with zero attached hydrogens (tertiary/aromatic N) is 4. The molecule has 0 amide bonds. The van der Waals surface area contributed by atoms with Crippen LogP contribution in [-0.2, 0) is 20.8 Å². The molecule has 0 aliphatic carbocycles. The highest BCUT2D eigenvalue weighted by atomic mass is 19.1. The Morgan fingerprint density at radius 2 is 2.07 bits per heavy atom. The molecule has 1 atom stereocenters. The number of methoxy groups -OCH3 is 1. The largest absolute Gasteiger partial charge is 0.461 e. The van der Waals surface area contributed by atoms with Gasteiger partial charge in [-0.1, -0.05) is 32.6 Å². The number of imidazole rings is 1. The number of hydrogen-bond donors (Lipinski definition) is 1. The molecule has 0 aromatic carbocycles. The zero-order chi connectivity index (χ0) is 21.4. The third kappa shape index (κ3) is 5.41. The summed E-state index contributed by atoms with van der Waals surface area (Å²) in [6, 6.07) is 0. The number of hydrogen-bond acceptors (Lipinski definition) is 7. The molecule has 0 spiro atoms. The van der Waals surface area contributed by atoms with E-state index in [1.807, 2.05) is 13.8 Å². The average molecular weight is 405 g/mol. The van der Waals surface area contributed by atoms with Crippen LogP contribution in [0.4, 0.5) is 10.2 Å². The van der Waals surface area contributed by atoms with Crippen molar-refractivity contribution < 1.29 is 18.7 Å². The summed E-state index contributed by atoms with van der Waals surface area (Å²) in [6.45, 7) is 4.31. The Bertz CT molecular complexity index is 873. The molecule has 2 aromatic rings. The van der Waals surface area contributed by atoms with Crippen LogP contribution in [0, 0.1) is 24.3 Å². The molecule has 2 aromatic heterocycles. The molecule has 0 saturated carbocycles. The summed E-state index contributed by atoms with van der Waals surface area (Å²) in [5.74, 6) is 2.15. The first-order chi connectivity index (χ1) is 13.9. The summed E-state index contributed by atoms with van der Waals surface area (Å²) >= 11 is 0. The van der Waals surface area contributed by atoms with E-state index in [1.54, 1.807) is 4.57 Å². The fraction of sp³-hybridized carbons (Fsp3) is 0.600. The van der Waals surface area contributed by atoms with Gasteiger partial charge in [0.1, 0.15) is 12.1 Å². The van der Waals surface area contributed by atoms with Crippen molar-refractivity contribution in [1.82, 2.24) is 19.5 Å². The number of terminal acetylenes is 1. The number of anilines is 1. The molecule has 8 nitrogen and oxygen atoms in total. The van der Waals surface area contributed by atoms with Gasteiger partial charge in [-0.05, 0) is 12.8 Å². The standard InChI is InChI=1S/C20H28FN5O3/c1-5-8-14(9-6-2)18(27)29-12-20(7-3,28-4)10-11-26-13-23-15-16(22)24-19(21)25-17(15)26/h3,13-14H,5-6,8-12H2,1-2,4H3,(H2,22,24,25). The number of esters is 1. The van der Waals surface area contributed by atoms with Gasteiger partial charge in [-0.15, -0.1) is 6.42 Å². The monoisotopic (exact) mass is 405 g/mol. The fourth-order valence-electron chi connectivity index (χ4n) is 3.19. The van der Waals surface area contributed by atoms with Crippen molar-refractivity contribution in [2.24, 2.45) is 5.92 Å². The van der Waals surface area contributed by atoms with Gasteiger partial charge in [0.25, 0.3) is 0 Å². The lowest BCUT2D eigenvalue weighted by Gasteiger charge is -2.27. The van der Waals surface area contributed by atoms with Crippen molar-refractivity contribution in [1.29, 1.82) is 0 Å². The van der Waals surface area contributed by atoms with Crippen molar-refractivity contribution >= 4 is 23.0 Å².